The SMILES string of the molecule is CC(C)C(CNc1cccc(N(C)C)c1)C(C)C. The van der Waals surface area contributed by atoms with Crippen molar-refractivity contribution in [2.75, 3.05) is 30.9 Å². The summed E-state index contributed by atoms with van der Waals surface area (Å²) in [5, 5.41) is 3.58. The summed E-state index contributed by atoms with van der Waals surface area (Å²) < 4.78 is 0. The summed E-state index contributed by atoms with van der Waals surface area (Å²) in [4.78, 5) is 2.13. The summed E-state index contributed by atoms with van der Waals surface area (Å²) in [6.07, 6.45) is 0. The maximum absolute atomic E-state index is 3.58. The lowest BCUT2D eigenvalue weighted by Gasteiger charge is -2.26. The second-order valence-electron chi connectivity index (χ2n) is 5.98. The molecule has 0 heterocycles. The minimum atomic E-state index is 0.716. The molecule has 0 aliphatic heterocycles. The van der Waals surface area contributed by atoms with E-state index in [2.05, 4.69) is 76.3 Å². The summed E-state index contributed by atoms with van der Waals surface area (Å²) >= 11 is 0. The van der Waals surface area contributed by atoms with Crippen LogP contribution in [0.1, 0.15) is 27.7 Å². The highest BCUT2D eigenvalue weighted by molar-refractivity contribution is 5.57. The Hall–Kier alpha value is -1.18. The van der Waals surface area contributed by atoms with Gasteiger partial charge in [0.1, 0.15) is 0 Å². The van der Waals surface area contributed by atoms with Gasteiger partial charge in [0, 0.05) is 32.0 Å². The maximum Gasteiger partial charge on any atom is 0.0381 e. The predicted octanol–water partition coefficient (Wildman–Crippen LogP) is 4.09. The molecule has 1 rings (SSSR count). The van der Waals surface area contributed by atoms with Crippen molar-refractivity contribution in [1.82, 2.24) is 0 Å². The number of rotatable bonds is 6. The lowest BCUT2D eigenvalue weighted by atomic mass is 9.85. The van der Waals surface area contributed by atoms with Gasteiger partial charge in [-0.3, -0.25) is 0 Å². The molecule has 1 N–H and O–H groups in total. The van der Waals surface area contributed by atoms with Crippen LogP contribution in [0, 0.1) is 17.8 Å². The van der Waals surface area contributed by atoms with Crippen LogP contribution in [0.2, 0.25) is 0 Å². The van der Waals surface area contributed by atoms with Gasteiger partial charge < -0.3 is 10.2 Å². The molecule has 0 atom stereocenters. The van der Waals surface area contributed by atoms with Gasteiger partial charge in [-0.2, -0.15) is 0 Å². The van der Waals surface area contributed by atoms with Crippen LogP contribution >= 0.6 is 0 Å². The molecular weight excluding hydrogens is 220 g/mol. The molecule has 0 spiro atoms. The zero-order valence-corrected chi connectivity index (χ0v) is 12.7. The first kappa shape index (κ1) is 14.9. The number of nitrogens with one attached hydrogen (secondary N) is 1. The topological polar surface area (TPSA) is 15.3 Å². The second kappa shape index (κ2) is 6.67. The van der Waals surface area contributed by atoms with Gasteiger partial charge in [0.05, 0.1) is 0 Å². The monoisotopic (exact) mass is 248 g/mol. The normalized spacial score (nSPS) is 11.4. The van der Waals surface area contributed by atoms with Gasteiger partial charge in [0.15, 0.2) is 0 Å². The van der Waals surface area contributed by atoms with E-state index in [0.29, 0.717) is 5.92 Å². The van der Waals surface area contributed by atoms with Gasteiger partial charge in [0.25, 0.3) is 0 Å². The first-order chi connectivity index (χ1) is 8.41. The van der Waals surface area contributed by atoms with Crippen molar-refractivity contribution in [3.63, 3.8) is 0 Å². The fraction of sp³-hybridized carbons (Fsp3) is 0.625. The van der Waals surface area contributed by atoms with Crippen LogP contribution in [0.5, 0.6) is 0 Å². The Morgan fingerprint density at radius 3 is 2.17 bits per heavy atom. The zero-order chi connectivity index (χ0) is 13.7. The molecule has 2 nitrogen and oxygen atoms in total. The highest BCUT2D eigenvalue weighted by atomic mass is 15.1. The van der Waals surface area contributed by atoms with Gasteiger partial charge in [-0.15, -0.1) is 0 Å². The lowest BCUT2D eigenvalue weighted by molar-refractivity contribution is 0.304. The summed E-state index contributed by atoms with van der Waals surface area (Å²) in [6, 6.07) is 8.59. The molecule has 0 unspecified atom stereocenters. The molecule has 0 radical (unpaired) electrons. The van der Waals surface area contributed by atoms with Crippen molar-refractivity contribution in [2.24, 2.45) is 17.8 Å². The number of benzene rings is 1. The van der Waals surface area contributed by atoms with E-state index >= 15 is 0 Å². The Morgan fingerprint density at radius 2 is 1.67 bits per heavy atom. The molecule has 18 heavy (non-hydrogen) atoms. The van der Waals surface area contributed by atoms with Crippen LogP contribution in [-0.4, -0.2) is 20.6 Å². The maximum atomic E-state index is 3.58. The van der Waals surface area contributed by atoms with Gasteiger partial charge in [-0.25, -0.2) is 0 Å². The Balaban J connectivity index is 2.65. The van der Waals surface area contributed by atoms with Gasteiger partial charge >= 0.3 is 0 Å². The summed E-state index contributed by atoms with van der Waals surface area (Å²) in [5.41, 5.74) is 2.46. The van der Waals surface area contributed by atoms with E-state index < -0.39 is 0 Å². The van der Waals surface area contributed by atoms with Gasteiger partial charge in [-0.1, -0.05) is 33.8 Å². The Labute approximate surface area is 112 Å². The third kappa shape index (κ3) is 4.25. The molecule has 0 aliphatic rings. The molecule has 0 fully saturated rings. The molecule has 102 valence electrons. The molecule has 0 saturated heterocycles. The Bertz CT molecular complexity index is 348. The third-order valence-corrected chi connectivity index (χ3v) is 3.62. The van der Waals surface area contributed by atoms with E-state index in [1.807, 2.05) is 0 Å². The fourth-order valence-corrected chi connectivity index (χ4v) is 2.37. The van der Waals surface area contributed by atoms with Crippen LogP contribution in [0.4, 0.5) is 11.4 Å². The van der Waals surface area contributed by atoms with Crippen molar-refractivity contribution in [1.29, 1.82) is 0 Å². The first-order valence-electron chi connectivity index (χ1n) is 6.93. The summed E-state index contributed by atoms with van der Waals surface area (Å²) in [7, 11) is 4.15. The average Bonchev–Trinajstić information content (AvgIpc) is 2.28. The second-order valence-corrected chi connectivity index (χ2v) is 5.98. The largest absolute Gasteiger partial charge is 0.385 e. The number of hydrogen-bond acceptors (Lipinski definition) is 2. The Kier molecular flexibility index (Phi) is 5.52. The van der Waals surface area contributed by atoms with E-state index in [1.165, 1.54) is 11.4 Å². The molecule has 1 aromatic rings. The highest BCUT2D eigenvalue weighted by Gasteiger charge is 2.16. The molecule has 0 amide bonds. The van der Waals surface area contributed by atoms with E-state index in [4.69, 9.17) is 0 Å². The van der Waals surface area contributed by atoms with E-state index in [-0.39, 0.29) is 0 Å². The van der Waals surface area contributed by atoms with Crippen molar-refractivity contribution in [3.05, 3.63) is 24.3 Å². The van der Waals surface area contributed by atoms with Crippen LogP contribution in [0.15, 0.2) is 24.3 Å². The third-order valence-electron chi connectivity index (χ3n) is 3.62. The molecule has 2 heteroatoms. The summed E-state index contributed by atoms with van der Waals surface area (Å²) in [6.45, 7) is 10.3. The van der Waals surface area contributed by atoms with Crippen LogP contribution < -0.4 is 10.2 Å². The smallest absolute Gasteiger partial charge is 0.0381 e. The van der Waals surface area contributed by atoms with Gasteiger partial charge in [0.2, 0.25) is 0 Å². The van der Waals surface area contributed by atoms with Gasteiger partial charge in [-0.05, 0) is 36.0 Å². The molecule has 0 aliphatic carbocycles. The minimum absolute atomic E-state index is 0.716. The van der Waals surface area contributed by atoms with E-state index in [9.17, 15) is 0 Å². The van der Waals surface area contributed by atoms with Crippen LogP contribution in [0.25, 0.3) is 0 Å². The summed E-state index contributed by atoms with van der Waals surface area (Å²) in [5.74, 6) is 2.15. The number of hydrogen-bond donors (Lipinski definition) is 1. The molecular formula is C16H28N2. The van der Waals surface area contributed by atoms with Crippen LogP contribution in [0.3, 0.4) is 0 Å². The number of anilines is 2. The lowest BCUT2D eigenvalue weighted by Crippen LogP contribution is -2.24. The molecule has 0 saturated carbocycles. The molecule has 0 bridgehead atoms. The fourth-order valence-electron chi connectivity index (χ4n) is 2.37. The van der Waals surface area contributed by atoms with Crippen molar-refractivity contribution in [3.8, 4) is 0 Å². The molecule has 0 aromatic heterocycles. The molecule has 1 aromatic carbocycles. The average molecular weight is 248 g/mol. The van der Waals surface area contributed by atoms with Crippen LogP contribution in [-0.2, 0) is 0 Å². The minimum Gasteiger partial charge on any atom is -0.385 e. The van der Waals surface area contributed by atoms with Crippen molar-refractivity contribution < 1.29 is 0 Å². The quantitative estimate of drug-likeness (QED) is 0.815. The predicted molar refractivity (Wildman–Crippen MR) is 82.4 cm³/mol. The highest BCUT2D eigenvalue weighted by Crippen LogP contribution is 2.22. The van der Waals surface area contributed by atoms with Crippen molar-refractivity contribution in [2.45, 2.75) is 27.7 Å². The first-order valence-corrected chi connectivity index (χ1v) is 6.93. The van der Waals surface area contributed by atoms with E-state index in [0.717, 1.165) is 18.4 Å². The van der Waals surface area contributed by atoms with E-state index in [1.54, 1.807) is 0 Å². The van der Waals surface area contributed by atoms with Crippen molar-refractivity contribution >= 4 is 11.4 Å². The zero-order valence-electron chi connectivity index (χ0n) is 12.7. The standard InChI is InChI=1S/C16H28N2/c1-12(2)16(13(3)4)11-17-14-8-7-9-15(10-14)18(5)6/h7-10,12-13,16-17H,11H2,1-6H3. The number of nitrogens with zero attached hydrogens (tertiary/aromatic N) is 1. The Morgan fingerprint density at radius 1 is 1.06 bits per heavy atom.